The molecule has 0 bridgehead atoms. The van der Waals surface area contributed by atoms with E-state index in [9.17, 15) is 23.1 Å². The molecule has 1 aromatic rings. The molecule has 1 aromatic carbocycles. The van der Waals surface area contributed by atoms with Crippen molar-refractivity contribution in [3.8, 4) is 0 Å². The van der Waals surface area contributed by atoms with Crippen LogP contribution < -0.4 is 0 Å². The van der Waals surface area contributed by atoms with Crippen LogP contribution in [0.5, 0.6) is 0 Å². The highest BCUT2D eigenvalue weighted by molar-refractivity contribution is 7.99. The summed E-state index contributed by atoms with van der Waals surface area (Å²) < 4.78 is 45.3. The van der Waals surface area contributed by atoms with E-state index in [1.807, 2.05) is 0 Å². The maximum Gasteiger partial charge on any atom is 0.417 e. The van der Waals surface area contributed by atoms with Gasteiger partial charge in [0, 0.05) is 36.3 Å². The predicted octanol–water partition coefficient (Wildman–Crippen LogP) is 3.58. The molecule has 0 aromatic heterocycles. The van der Waals surface area contributed by atoms with Gasteiger partial charge in [0.15, 0.2) is 12.0 Å². The number of nitrogens with zero attached hydrogens (tertiary/aromatic N) is 2. The molecular formula is C19H23F3N2O3S. The number of aliphatic hydroxyl groups is 1. The number of carbonyl (C=O) groups excluding carboxylic acids is 1. The number of halogens is 3. The smallest absolute Gasteiger partial charge is 0.384 e. The van der Waals surface area contributed by atoms with Crippen LogP contribution in [0.4, 0.5) is 13.2 Å². The summed E-state index contributed by atoms with van der Waals surface area (Å²) in [5.74, 6) is -0.729. The maximum absolute atomic E-state index is 13.5. The lowest BCUT2D eigenvalue weighted by molar-refractivity contribution is -0.139. The molecule has 2 unspecified atom stereocenters. The van der Waals surface area contributed by atoms with Gasteiger partial charge in [-0.1, -0.05) is 6.07 Å². The number of carbonyl (C=O) groups is 1. The molecule has 154 valence electrons. The summed E-state index contributed by atoms with van der Waals surface area (Å²) in [4.78, 5) is 13.3. The van der Waals surface area contributed by atoms with E-state index >= 15 is 0 Å². The minimum Gasteiger partial charge on any atom is -0.384 e. The van der Waals surface area contributed by atoms with Gasteiger partial charge in [0.1, 0.15) is 5.92 Å². The van der Waals surface area contributed by atoms with Crippen molar-refractivity contribution in [2.24, 2.45) is 16.9 Å². The minimum atomic E-state index is -4.52. The molecular weight excluding hydrogens is 393 g/mol. The van der Waals surface area contributed by atoms with Gasteiger partial charge < -0.3 is 9.84 Å². The number of hydrazone groups is 1. The van der Waals surface area contributed by atoms with Gasteiger partial charge in [-0.3, -0.25) is 9.80 Å². The second-order valence-electron chi connectivity index (χ2n) is 7.08. The zero-order chi connectivity index (χ0) is 20.6. The first-order valence-electron chi connectivity index (χ1n) is 9.02. The molecule has 1 saturated carbocycles. The number of rotatable bonds is 7. The number of ether oxygens (including phenoxy) is 1. The van der Waals surface area contributed by atoms with Gasteiger partial charge in [-0.15, -0.1) is 11.8 Å². The summed E-state index contributed by atoms with van der Waals surface area (Å²) in [5, 5.41) is 16.1. The molecule has 1 aliphatic heterocycles. The van der Waals surface area contributed by atoms with E-state index in [0.717, 1.165) is 30.7 Å². The summed E-state index contributed by atoms with van der Waals surface area (Å²) in [6, 6.07) is 2.17. The van der Waals surface area contributed by atoms with E-state index < -0.39 is 23.9 Å². The van der Waals surface area contributed by atoms with Crippen LogP contribution in [0.2, 0.25) is 0 Å². The Balaban J connectivity index is 1.98. The number of hydrogen-bond acceptors (Lipinski definition) is 6. The second kappa shape index (κ2) is 8.04. The number of aliphatic hydroxyl groups excluding tert-OH is 1. The van der Waals surface area contributed by atoms with Gasteiger partial charge in [0.05, 0.1) is 17.9 Å². The lowest BCUT2D eigenvalue weighted by Gasteiger charge is -2.22. The predicted molar refractivity (Wildman–Crippen MR) is 101 cm³/mol. The third-order valence-corrected chi connectivity index (χ3v) is 6.25. The average Bonchev–Trinajstić information content (AvgIpc) is 3.41. The van der Waals surface area contributed by atoms with Gasteiger partial charge in [-0.25, -0.2) is 0 Å². The molecule has 0 saturated heterocycles. The van der Waals surface area contributed by atoms with Crippen molar-refractivity contribution in [1.29, 1.82) is 0 Å². The first-order chi connectivity index (χ1) is 13.2. The molecule has 0 radical (unpaired) electrons. The van der Waals surface area contributed by atoms with Crippen LogP contribution in [0, 0.1) is 18.8 Å². The Kier molecular flexibility index (Phi) is 6.07. The first kappa shape index (κ1) is 21.1. The minimum absolute atomic E-state index is 0.0288. The first-order valence-corrected chi connectivity index (χ1v) is 10.0. The lowest BCUT2D eigenvalue weighted by Crippen LogP contribution is -2.37. The van der Waals surface area contributed by atoms with E-state index in [-0.39, 0.29) is 27.7 Å². The number of alkyl halides is 3. The summed E-state index contributed by atoms with van der Waals surface area (Å²) in [6.45, 7) is 1.82. The van der Waals surface area contributed by atoms with Crippen molar-refractivity contribution < 1.29 is 27.8 Å². The van der Waals surface area contributed by atoms with Gasteiger partial charge in [-0.2, -0.15) is 18.3 Å². The second-order valence-corrected chi connectivity index (χ2v) is 8.19. The third kappa shape index (κ3) is 4.06. The van der Waals surface area contributed by atoms with Crippen LogP contribution in [0.15, 0.2) is 22.1 Å². The Morgan fingerprint density at radius 2 is 2.07 bits per heavy atom. The van der Waals surface area contributed by atoms with Crippen molar-refractivity contribution in [2.45, 2.75) is 37.1 Å². The molecule has 5 nitrogen and oxygen atoms in total. The van der Waals surface area contributed by atoms with Crippen LogP contribution in [-0.2, 0) is 10.9 Å². The highest BCUT2D eigenvalue weighted by atomic mass is 32.2. The van der Waals surface area contributed by atoms with Crippen LogP contribution >= 0.6 is 11.8 Å². The normalized spacial score (nSPS) is 22.5. The van der Waals surface area contributed by atoms with Crippen LogP contribution in [0.25, 0.3) is 0 Å². The molecule has 1 fully saturated rings. The molecule has 2 atom stereocenters. The van der Waals surface area contributed by atoms with E-state index in [4.69, 9.17) is 4.74 Å². The van der Waals surface area contributed by atoms with E-state index in [1.54, 1.807) is 7.05 Å². The average molecular weight is 416 g/mol. The van der Waals surface area contributed by atoms with Crippen molar-refractivity contribution in [3.63, 3.8) is 0 Å². The molecule has 1 heterocycles. The zero-order valence-corrected chi connectivity index (χ0v) is 16.7. The zero-order valence-electron chi connectivity index (χ0n) is 15.9. The van der Waals surface area contributed by atoms with Crippen molar-refractivity contribution in [1.82, 2.24) is 5.01 Å². The highest BCUT2D eigenvalue weighted by Crippen LogP contribution is 2.42. The van der Waals surface area contributed by atoms with Crippen molar-refractivity contribution in [3.05, 3.63) is 28.8 Å². The number of thioether (sulfide) groups is 1. The van der Waals surface area contributed by atoms with Crippen molar-refractivity contribution in [2.75, 3.05) is 26.5 Å². The third-order valence-electron chi connectivity index (χ3n) is 5.06. The van der Waals surface area contributed by atoms with Crippen molar-refractivity contribution >= 4 is 23.3 Å². The lowest BCUT2D eigenvalue weighted by atomic mass is 9.87. The van der Waals surface area contributed by atoms with Gasteiger partial charge >= 0.3 is 6.18 Å². The fraction of sp³-hybridized carbons (Fsp3) is 0.579. The van der Waals surface area contributed by atoms with E-state index in [0.29, 0.717) is 18.1 Å². The molecule has 3 rings (SSSR count). The topological polar surface area (TPSA) is 62.1 Å². The molecule has 2 aliphatic rings. The molecule has 0 amide bonds. The van der Waals surface area contributed by atoms with Crippen LogP contribution in [-0.4, -0.2) is 54.4 Å². The molecule has 1 aliphatic carbocycles. The Labute approximate surface area is 165 Å². The molecule has 28 heavy (non-hydrogen) atoms. The molecule has 9 heteroatoms. The Morgan fingerprint density at radius 3 is 2.64 bits per heavy atom. The summed E-state index contributed by atoms with van der Waals surface area (Å²) in [7, 11) is 3.07. The van der Waals surface area contributed by atoms with E-state index in [2.05, 4.69) is 5.10 Å². The highest BCUT2D eigenvalue weighted by Gasteiger charge is 2.46. The number of Topliss-reactive ketones (excluding diaryl/α,β-unsaturated/α-hetero) is 1. The Hall–Kier alpha value is -1.58. The molecule has 0 spiro atoms. The molecule has 1 N–H and O–H groups in total. The monoisotopic (exact) mass is 416 g/mol. The number of methoxy groups -OCH3 is 1. The quantitative estimate of drug-likeness (QED) is 0.418. The summed E-state index contributed by atoms with van der Waals surface area (Å²) in [6.07, 6.45) is -3.80. The van der Waals surface area contributed by atoms with E-state index in [1.165, 1.54) is 25.1 Å². The maximum atomic E-state index is 13.5. The summed E-state index contributed by atoms with van der Waals surface area (Å²) in [5.41, 5.74) is 0.342. The van der Waals surface area contributed by atoms with Gasteiger partial charge in [0.2, 0.25) is 0 Å². The number of ketones is 1. The fourth-order valence-electron chi connectivity index (χ4n) is 3.42. The number of benzene rings is 1. The summed E-state index contributed by atoms with van der Waals surface area (Å²) >= 11 is 1.02. The largest absolute Gasteiger partial charge is 0.417 e. The standard InChI is InChI=1S/C19H23F3N2O3S/c1-10-12(6-7-13(19(20,21)22)17(10)28-9-8-27-3)16(25)14-15(11-4-5-11)23-24(2)18(14)26/h6-7,11,14,18,26H,4-5,8-9H2,1-3H3. The van der Waals surface area contributed by atoms with Gasteiger partial charge in [-0.05, 0) is 31.4 Å². The SMILES string of the molecule is COCCSc1c(C(F)(F)F)ccc(C(=O)C2C(C3CC3)=NN(C)C2O)c1C. The Morgan fingerprint density at radius 1 is 1.39 bits per heavy atom. The van der Waals surface area contributed by atoms with Crippen LogP contribution in [0.1, 0.15) is 34.3 Å². The Bertz CT molecular complexity index is 793. The number of hydrogen-bond donors (Lipinski definition) is 1. The van der Waals surface area contributed by atoms with Crippen LogP contribution in [0.3, 0.4) is 0 Å². The van der Waals surface area contributed by atoms with Gasteiger partial charge in [0.25, 0.3) is 0 Å². The fourth-order valence-corrected chi connectivity index (χ4v) is 4.54.